The Labute approximate surface area is 140 Å². The first-order valence-electron chi connectivity index (χ1n) is 8.34. The molecule has 0 amide bonds. The van der Waals surface area contributed by atoms with Crippen molar-refractivity contribution in [2.45, 2.75) is 19.3 Å². The molecule has 0 atom stereocenters. The zero-order chi connectivity index (χ0) is 16.4. The fraction of sp³-hybridized carbons (Fsp3) is 0.263. The van der Waals surface area contributed by atoms with E-state index in [0.717, 1.165) is 29.8 Å². The molecule has 2 aromatic carbocycles. The summed E-state index contributed by atoms with van der Waals surface area (Å²) >= 11 is 0. The van der Waals surface area contributed by atoms with Gasteiger partial charge >= 0.3 is 0 Å². The van der Waals surface area contributed by atoms with Crippen LogP contribution in [0.1, 0.15) is 19.3 Å². The van der Waals surface area contributed by atoms with Gasteiger partial charge in [-0.1, -0.05) is 24.3 Å². The van der Waals surface area contributed by atoms with Crippen LogP contribution in [0.4, 0.5) is 21.8 Å². The third kappa shape index (κ3) is 2.89. The van der Waals surface area contributed by atoms with E-state index in [2.05, 4.69) is 15.2 Å². The number of hydrogen-bond acceptors (Lipinski definition) is 4. The molecule has 1 fully saturated rings. The third-order valence-corrected chi connectivity index (χ3v) is 4.36. The Morgan fingerprint density at radius 1 is 0.875 bits per heavy atom. The molecule has 1 aliphatic rings. The number of hydrogen-bond donors (Lipinski definition) is 1. The highest BCUT2D eigenvalue weighted by molar-refractivity contribution is 5.90. The first-order valence-corrected chi connectivity index (χ1v) is 8.34. The maximum absolute atomic E-state index is 13.9. The van der Waals surface area contributed by atoms with Crippen molar-refractivity contribution >= 4 is 28.4 Å². The van der Waals surface area contributed by atoms with Crippen molar-refractivity contribution in [3.05, 3.63) is 54.3 Å². The van der Waals surface area contributed by atoms with Crippen LogP contribution in [0.5, 0.6) is 0 Å². The summed E-state index contributed by atoms with van der Waals surface area (Å²) in [5.74, 6) is 1.05. The predicted molar refractivity (Wildman–Crippen MR) is 95.3 cm³/mol. The fourth-order valence-corrected chi connectivity index (χ4v) is 3.15. The van der Waals surface area contributed by atoms with E-state index in [-0.39, 0.29) is 5.82 Å². The smallest absolute Gasteiger partial charge is 0.229 e. The van der Waals surface area contributed by atoms with Crippen LogP contribution in [0.25, 0.3) is 10.9 Å². The monoisotopic (exact) mass is 322 g/mol. The minimum absolute atomic E-state index is 0.311. The van der Waals surface area contributed by atoms with Gasteiger partial charge in [0.2, 0.25) is 5.95 Å². The zero-order valence-corrected chi connectivity index (χ0v) is 13.4. The van der Waals surface area contributed by atoms with Gasteiger partial charge in [-0.2, -0.15) is 4.98 Å². The number of anilines is 3. The molecule has 24 heavy (non-hydrogen) atoms. The number of nitrogens with zero attached hydrogens (tertiary/aromatic N) is 3. The lowest BCUT2D eigenvalue weighted by atomic mass is 10.1. The van der Waals surface area contributed by atoms with E-state index in [9.17, 15) is 4.39 Å². The van der Waals surface area contributed by atoms with E-state index >= 15 is 0 Å². The van der Waals surface area contributed by atoms with Crippen molar-refractivity contribution in [2.75, 3.05) is 23.3 Å². The van der Waals surface area contributed by atoms with Crippen molar-refractivity contribution in [2.24, 2.45) is 0 Å². The molecule has 0 radical (unpaired) electrons. The molecule has 3 aromatic rings. The number of aromatic nitrogens is 2. The maximum atomic E-state index is 13.9. The Balaban J connectivity index is 1.77. The summed E-state index contributed by atoms with van der Waals surface area (Å²) in [4.78, 5) is 11.6. The third-order valence-electron chi connectivity index (χ3n) is 4.36. The highest BCUT2D eigenvalue weighted by Gasteiger charge is 2.17. The number of nitrogens with one attached hydrogen (secondary N) is 1. The second-order valence-electron chi connectivity index (χ2n) is 6.04. The normalized spacial score (nSPS) is 14.8. The number of piperidine rings is 1. The molecule has 5 heteroatoms. The molecule has 0 saturated carbocycles. The topological polar surface area (TPSA) is 41.1 Å². The molecule has 1 aliphatic heterocycles. The Bertz CT molecular complexity index is 859. The van der Waals surface area contributed by atoms with E-state index in [1.54, 1.807) is 18.2 Å². The van der Waals surface area contributed by atoms with Crippen molar-refractivity contribution in [1.29, 1.82) is 0 Å². The van der Waals surface area contributed by atoms with Crippen molar-refractivity contribution in [3.63, 3.8) is 0 Å². The van der Waals surface area contributed by atoms with Gasteiger partial charge in [-0.15, -0.1) is 0 Å². The molecule has 0 bridgehead atoms. The average Bonchev–Trinajstić information content (AvgIpc) is 2.64. The summed E-state index contributed by atoms with van der Waals surface area (Å²) in [5.41, 5.74) is 1.25. The first kappa shape index (κ1) is 14.9. The molecule has 0 unspecified atom stereocenters. The van der Waals surface area contributed by atoms with Crippen LogP contribution in [0.3, 0.4) is 0 Å². The molecule has 0 aliphatic carbocycles. The van der Waals surface area contributed by atoms with E-state index in [1.807, 2.05) is 24.3 Å². The van der Waals surface area contributed by atoms with Crippen LogP contribution in [0, 0.1) is 5.82 Å². The summed E-state index contributed by atoms with van der Waals surface area (Å²) in [7, 11) is 0. The number of benzene rings is 2. The number of fused-ring (bicyclic) bond motifs is 1. The fourth-order valence-electron chi connectivity index (χ4n) is 3.15. The molecule has 2 heterocycles. The van der Waals surface area contributed by atoms with Gasteiger partial charge < -0.3 is 10.2 Å². The Morgan fingerprint density at radius 3 is 2.46 bits per heavy atom. The van der Waals surface area contributed by atoms with Crippen LogP contribution in [-0.2, 0) is 0 Å². The molecule has 1 aromatic heterocycles. The van der Waals surface area contributed by atoms with Gasteiger partial charge in [0.1, 0.15) is 11.6 Å². The van der Waals surface area contributed by atoms with E-state index < -0.39 is 0 Å². The second-order valence-corrected chi connectivity index (χ2v) is 6.04. The van der Waals surface area contributed by atoms with Gasteiger partial charge in [0.25, 0.3) is 0 Å². The van der Waals surface area contributed by atoms with Crippen LogP contribution in [-0.4, -0.2) is 23.1 Å². The summed E-state index contributed by atoms with van der Waals surface area (Å²) in [6, 6.07) is 14.6. The molecular formula is C19H19FN4. The highest BCUT2D eigenvalue weighted by atomic mass is 19.1. The minimum atomic E-state index is -0.311. The number of halogens is 1. The minimum Gasteiger partial charge on any atom is -0.356 e. The summed E-state index contributed by atoms with van der Waals surface area (Å²) in [6.45, 7) is 2.00. The molecule has 122 valence electrons. The van der Waals surface area contributed by atoms with Gasteiger partial charge in [0.05, 0.1) is 11.2 Å². The van der Waals surface area contributed by atoms with E-state index in [0.29, 0.717) is 11.6 Å². The van der Waals surface area contributed by atoms with E-state index in [4.69, 9.17) is 4.98 Å². The Morgan fingerprint density at radius 2 is 1.62 bits per heavy atom. The summed E-state index contributed by atoms with van der Waals surface area (Å²) in [6.07, 6.45) is 3.61. The van der Waals surface area contributed by atoms with Gasteiger partial charge in [-0.05, 0) is 43.5 Å². The van der Waals surface area contributed by atoms with Gasteiger partial charge in [0.15, 0.2) is 0 Å². The molecule has 0 spiro atoms. The van der Waals surface area contributed by atoms with Crippen molar-refractivity contribution < 1.29 is 4.39 Å². The highest BCUT2D eigenvalue weighted by Crippen LogP contribution is 2.28. The lowest BCUT2D eigenvalue weighted by Gasteiger charge is -2.29. The second kappa shape index (κ2) is 6.43. The van der Waals surface area contributed by atoms with Gasteiger partial charge in [-0.3, -0.25) is 0 Å². The number of rotatable bonds is 3. The van der Waals surface area contributed by atoms with Crippen LogP contribution in [0.2, 0.25) is 0 Å². The average molecular weight is 322 g/mol. The SMILES string of the molecule is Fc1ccccc1Nc1nc(N2CCCCC2)c2ccccc2n1. The quantitative estimate of drug-likeness (QED) is 0.770. The predicted octanol–water partition coefficient (Wildman–Crippen LogP) is 4.50. The first-order chi connectivity index (χ1) is 11.8. The van der Waals surface area contributed by atoms with Crippen LogP contribution in [0.15, 0.2) is 48.5 Å². The zero-order valence-electron chi connectivity index (χ0n) is 13.4. The molecule has 1 N–H and O–H groups in total. The van der Waals surface area contributed by atoms with Gasteiger partial charge in [0, 0.05) is 18.5 Å². The molecule has 1 saturated heterocycles. The standard InChI is InChI=1S/C19H19FN4/c20-15-9-3-5-11-17(15)22-19-21-16-10-4-2-8-14(16)18(23-19)24-12-6-1-7-13-24/h2-5,8-11H,1,6-7,12-13H2,(H,21,22,23). The summed E-state index contributed by atoms with van der Waals surface area (Å²) in [5, 5.41) is 4.06. The Hall–Kier alpha value is -2.69. The maximum Gasteiger partial charge on any atom is 0.229 e. The van der Waals surface area contributed by atoms with Gasteiger partial charge in [-0.25, -0.2) is 9.37 Å². The summed E-state index contributed by atoms with van der Waals surface area (Å²) < 4.78 is 13.9. The van der Waals surface area contributed by atoms with E-state index in [1.165, 1.54) is 25.3 Å². The molecule has 4 rings (SSSR count). The Kier molecular flexibility index (Phi) is 3.99. The largest absolute Gasteiger partial charge is 0.356 e. The van der Waals surface area contributed by atoms with Crippen LogP contribution >= 0.6 is 0 Å². The molecule has 4 nitrogen and oxygen atoms in total. The lowest BCUT2D eigenvalue weighted by molar-refractivity contribution is 0.575. The lowest BCUT2D eigenvalue weighted by Crippen LogP contribution is -2.30. The number of para-hydroxylation sites is 2. The van der Waals surface area contributed by atoms with Crippen molar-refractivity contribution in [3.8, 4) is 0 Å². The van der Waals surface area contributed by atoms with Crippen LogP contribution < -0.4 is 10.2 Å². The molecular weight excluding hydrogens is 303 g/mol. The van der Waals surface area contributed by atoms with Crippen molar-refractivity contribution in [1.82, 2.24) is 9.97 Å².